The minimum absolute atomic E-state index is 0.0645. The zero-order valence-electron chi connectivity index (χ0n) is 30.2. The Morgan fingerprint density at radius 1 is 1.02 bits per heavy atom. The van der Waals surface area contributed by atoms with Gasteiger partial charge in [-0.3, -0.25) is 14.5 Å². The van der Waals surface area contributed by atoms with Gasteiger partial charge < -0.3 is 30.5 Å². The molecule has 2 aliphatic rings. The summed E-state index contributed by atoms with van der Waals surface area (Å²) in [5.74, 6) is -1.24. The third-order valence-corrected chi connectivity index (χ3v) is 10.3. The SMILES string of the molecule is COc1nc(-c2cccc(-c3cccc4c3CC[C@@H]4Nc3nc(OC)c(CN(C)[C@@H](C)C(=O)O)nc3C(F)(F)F)c2Cl)ccc1CNC[C@@H]1CCC(=O)N1. The molecule has 6 rings (SSSR count). The van der Waals surface area contributed by atoms with Crippen molar-refractivity contribution >= 4 is 29.3 Å². The molecule has 1 aliphatic carbocycles. The predicted molar refractivity (Wildman–Crippen MR) is 196 cm³/mol. The molecule has 0 unspecified atom stereocenters. The number of benzene rings is 2. The van der Waals surface area contributed by atoms with Crippen LogP contribution in [0.15, 0.2) is 48.5 Å². The average Bonchev–Trinajstić information content (AvgIpc) is 3.76. The largest absolute Gasteiger partial charge is 0.481 e. The molecule has 16 heteroatoms. The number of nitrogens with one attached hydrogen (secondary N) is 3. The van der Waals surface area contributed by atoms with E-state index in [4.69, 9.17) is 26.1 Å². The highest BCUT2D eigenvalue weighted by Gasteiger charge is 2.39. The predicted octanol–water partition coefficient (Wildman–Crippen LogP) is 6.27. The Morgan fingerprint density at radius 2 is 1.74 bits per heavy atom. The summed E-state index contributed by atoms with van der Waals surface area (Å²) in [5.41, 5.74) is 4.13. The first kappa shape index (κ1) is 38.7. The number of carboxylic acids is 1. The van der Waals surface area contributed by atoms with Crippen molar-refractivity contribution in [3.8, 4) is 34.1 Å². The van der Waals surface area contributed by atoms with E-state index in [1.165, 1.54) is 26.0 Å². The van der Waals surface area contributed by atoms with Gasteiger partial charge in [0.25, 0.3) is 0 Å². The molecule has 1 saturated heterocycles. The topological polar surface area (TPSA) is 151 Å². The number of aromatic nitrogens is 3. The van der Waals surface area contributed by atoms with Gasteiger partial charge in [-0.1, -0.05) is 54.1 Å². The lowest BCUT2D eigenvalue weighted by molar-refractivity contribution is -0.143. The number of halogens is 4. The van der Waals surface area contributed by atoms with Crippen LogP contribution in [0.5, 0.6) is 11.8 Å². The molecule has 12 nitrogen and oxygen atoms in total. The summed E-state index contributed by atoms with van der Waals surface area (Å²) in [6.45, 7) is 2.32. The fourth-order valence-corrected chi connectivity index (χ4v) is 7.21. The van der Waals surface area contributed by atoms with Gasteiger partial charge in [0, 0.05) is 48.8 Å². The molecule has 1 aliphatic heterocycles. The summed E-state index contributed by atoms with van der Waals surface area (Å²) in [6, 6.07) is 13.7. The zero-order chi connectivity index (χ0) is 38.7. The fraction of sp³-hybridized carbons (Fsp3) is 0.395. The van der Waals surface area contributed by atoms with Crippen molar-refractivity contribution in [3.63, 3.8) is 0 Å². The second-order valence-electron chi connectivity index (χ2n) is 13.4. The van der Waals surface area contributed by atoms with Crippen molar-refractivity contribution in [2.24, 2.45) is 0 Å². The molecular formula is C38H41ClF3N7O5. The van der Waals surface area contributed by atoms with Crippen LogP contribution in [0.4, 0.5) is 19.0 Å². The number of aliphatic carboxylic acids is 1. The van der Waals surface area contributed by atoms with Gasteiger partial charge in [-0.05, 0) is 56.0 Å². The Bertz CT molecular complexity index is 2050. The van der Waals surface area contributed by atoms with E-state index in [1.54, 1.807) is 7.11 Å². The van der Waals surface area contributed by atoms with Crippen molar-refractivity contribution in [1.82, 2.24) is 30.5 Å². The van der Waals surface area contributed by atoms with Crippen molar-refractivity contribution in [1.29, 1.82) is 0 Å². The maximum absolute atomic E-state index is 14.4. The molecule has 1 fully saturated rings. The Hall–Kier alpha value is -4.99. The molecular weight excluding hydrogens is 727 g/mol. The Kier molecular flexibility index (Phi) is 11.6. The van der Waals surface area contributed by atoms with E-state index in [0.717, 1.165) is 34.2 Å². The number of hydrogen-bond donors (Lipinski definition) is 4. The Morgan fingerprint density at radius 3 is 2.43 bits per heavy atom. The van der Waals surface area contributed by atoms with Gasteiger partial charge in [-0.2, -0.15) is 18.2 Å². The molecule has 0 spiro atoms. The maximum Gasteiger partial charge on any atom is 0.437 e. The van der Waals surface area contributed by atoms with E-state index in [0.29, 0.717) is 54.5 Å². The number of anilines is 1. The van der Waals surface area contributed by atoms with Crippen LogP contribution in [-0.4, -0.2) is 76.7 Å². The van der Waals surface area contributed by atoms with Gasteiger partial charge in [-0.25, -0.2) is 9.97 Å². The van der Waals surface area contributed by atoms with E-state index in [9.17, 15) is 27.9 Å². The van der Waals surface area contributed by atoms with Crippen LogP contribution < -0.4 is 25.4 Å². The first-order valence-electron chi connectivity index (χ1n) is 17.5. The number of likely N-dealkylation sites (N-methyl/N-ethyl adjacent to an activating group) is 1. The van der Waals surface area contributed by atoms with Gasteiger partial charge in [0.2, 0.25) is 17.7 Å². The number of carboxylic acid groups (broad SMARTS) is 1. The minimum Gasteiger partial charge on any atom is -0.481 e. The molecule has 2 aromatic heterocycles. The number of alkyl halides is 3. The summed E-state index contributed by atoms with van der Waals surface area (Å²) >= 11 is 7.10. The smallest absolute Gasteiger partial charge is 0.437 e. The first-order chi connectivity index (χ1) is 25.8. The van der Waals surface area contributed by atoms with Crippen LogP contribution in [0, 0.1) is 0 Å². The van der Waals surface area contributed by atoms with Gasteiger partial charge >= 0.3 is 12.1 Å². The van der Waals surface area contributed by atoms with Gasteiger partial charge in [0.15, 0.2) is 11.5 Å². The molecule has 0 bridgehead atoms. The number of nitrogens with zero attached hydrogens (tertiary/aromatic N) is 4. The third kappa shape index (κ3) is 8.22. The van der Waals surface area contributed by atoms with E-state index in [1.807, 2.05) is 48.5 Å². The molecule has 0 radical (unpaired) electrons. The Balaban J connectivity index is 1.26. The number of hydrogen-bond acceptors (Lipinski definition) is 10. The van der Waals surface area contributed by atoms with Crippen molar-refractivity contribution in [2.75, 3.05) is 33.1 Å². The second-order valence-corrected chi connectivity index (χ2v) is 13.8. The summed E-state index contributed by atoms with van der Waals surface area (Å²) in [7, 11) is 4.30. The zero-order valence-corrected chi connectivity index (χ0v) is 30.9. The van der Waals surface area contributed by atoms with E-state index < -0.39 is 35.7 Å². The first-order valence-corrected chi connectivity index (χ1v) is 17.8. The fourth-order valence-electron chi connectivity index (χ4n) is 6.88. The number of ether oxygens (including phenoxy) is 2. The normalized spacial score (nSPS) is 17.3. The molecule has 0 saturated carbocycles. The number of amides is 1. The summed E-state index contributed by atoms with van der Waals surface area (Å²) < 4.78 is 54.2. The summed E-state index contributed by atoms with van der Waals surface area (Å²) in [5, 5.41) is 19.1. The highest BCUT2D eigenvalue weighted by molar-refractivity contribution is 6.36. The second kappa shape index (κ2) is 16.2. The standard InChI is InChI=1S/C38H41ClF3N7O5/c1-20(37(51)52)49(2)19-30-36(54-4)48-34(33(45-30)38(40,41)42)46-28-15-13-24-23(7-5-8-25(24)28)26-9-6-10-27(32(26)39)29-14-11-21(35(47-29)53-3)17-43-18-22-12-16-31(50)44-22/h5-11,14,20,22,28,43H,12-13,15-19H2,1-4H3,(H,44,50)(H,46,48)(H,51,52)/t20-,22-,28-/m0/s1. The monoisotopic (exact) mass is 767 g/mol. The van der Waals surface area contributed by atoms with Crippen LogP contribution in [0.1, 0.15) is 60.3 Å². The molecule has 1 amide bonds. The molecule has 2 aromatic carbocycles. The van der Waals surface area contributed by atoms with Gasteiger partial charge in [0.05, 0.1) is 31.0 Å². The summed E-state index contributed by atoms with van der Waals surface area (Å²) in [6.07, 6.45) is -2.49. The lowest BCUT2D eigenvalue weighted by atomic mass is 9.94. The number of fused-ring (bicyclic) bond motifs is 1. The van der Waals surface area contributed by atoms with Gasteiger partial charge in [-0.15, -0.1) is 0 Å². The molecule has 4 aromatic rings. The number of rotatable bonds is 14. The van der Waals surface area contributed by atoms with Crippen LogP contribution in [0.25, 0.3) is 22.4 Å². The van der Waals surface area contributed by atoms with Crippen molar-refractivity contribution in [3.05, 3.63) is 81.6 Å². The van der Waals surface area contributed by atoms with Crippen LogP contribution in [0.2, 0.25) is 5.02 Å². The van der Waals surface area contributed by atoms with Crippen molar-refractivity contribution < 1.29 is 37.3 Å². The quantitative estimate of drug-likeness (QED) is 0.115. The van der Waals surface area contributed by atoms with Crippen LogP contribution >= 0.6 is 11.6 Å². The van der Waals surface area contributed by atoms with Crippen molar-refractivity contribution in [2.45, 2.75) is 70.0 Å². The van der Waals surface area contributed by atoms with E-state index >= 15 is 0 Å². The number of carbonyl (C=O) groups excluding carboxylic acids is 1. The van der Waals surface area contributed by atoms with E-state index in [2.05, 4.69) is 25.9 Å². The molecule has 3 atom stereocenters. The number of carbonyl (C=O) groups is 2. The van der Waals surface area contributed by atoms with Crippen LogP contribution in [-0.2, 0) is 35.3 Å². The Labute approximate surface area is 315 Å². The molecule has 54 heavy (non-hydrogen) atoms. The summed E-state index contributed by atoms with van der Waals surface area (Å²) in [4.78, 5) is 37.2. The maximum atomic E-state index is 14.4. The lowest BCUT2D eigenvalue weighted by Crippen LogP contribution is -2.36. The number of methoxy groups -OCH3 is 2. The molecule has 4 N–H and O–H groups in total. The average molecular weight is 768 g/mol. The minimum atomic E-state index is -4.86. The lowest BCUT2D eigenvalue weighted by Gasteiger charge is -2.23. The molecule has 3 heterocycles. The van der Waals surface area contributed by atoms with Crippen LogP contribution in [0.3, 0.4) is 0 Å². The third-order valence-electron chi connectivity index (χ3n) is 9.88. The van der Waals surface area contributed by atoms with E-state index in [-0.39, 0.29) is 30.1 Å². The number of pyridine rings is 1. The highest BCUT2D eigenvalue weighted by Crippen LogP contribution is 2.45. The highest BCUT2D eigenvalue weighted by atomic mass is 35.5. The molecule has 286 valence electrons. The van der Waals surface area contributed by atoms with Gasteiger partial charge in [0.1, 0.15) is 11.7 Å².